The second kappa shape index (κ2) is 5.72. The molecule has 0 bridgehead atoms. The number of aromatic nitrogens is 2. The van der Waals surface area contributed by atoms with Crippen LogP contribution in [0, 0.1) is 0 Å². The van der Waals surface area contributed by atoms with E-state index in [0.29, 0.717) is 21.4 Å². The molecule has 0 aliphatic rings. The van der Waals surface area contributed by atoms with Crippen LogP contribution >= 0.6 is 23.2 Å². The van der Waals surface area contributed by atoms with E-state index in [1.54, 1.807) is 10.7 Å². The van der Waals surface area contributed by atoms with E-state index in [1.807, 2.05) is 19.2 Å². The zero-order valence-corrected chi connectivity index (χ0v) is 12.4. The van der Waals surface area contributed by atoms with Gasteiger partial charge >= 0.3 is 0 Å². The van der Waals surface area contributed by atoms with Gasteiger partial charge in [-0.15, -0.1) is 0 Å². The molecule has 0 radical (unpaired) electrons. The summed E-state index contributed by atoms with van der Waals surface area (Å²) in [4.78, 5) is 0. The number of nitrogens with two attached hydrogens (primary N) is 1. The van der Waals surface area contributed by atoms with Gasteiger partial charge in [-0.2, -0.15) is 5.10 Å². The first-order valence-electron chi connectivity index (χ1n) is 6.07. The van der Waals surface area contributed by atoms with Crippen molar-refractivity contribution in [3.63, 3.8) is 0 Å². The average molecular weight is 299 g/mol. The van der Waals surface area contributed by atoms with Crippen LogP contribution in [0.5, 0.6) is 0 Å². The van der Waals surface area contributed by atoms with Crippen molar-refractivity contribution >= 4 is 40.4 Å². The minimum absolute atomic E-state index is 0.474. The zero-order valence-electron chi connectivity index (χ0n) is 10.9. The quantitative estimate of drug-likeness (QED) is 0.897. The Kier molecular flexibility index (Phi) is 4.22. The first-order chi connectivity index (χ1) is 9.04. The second-order valence-electron chi connectivity index (χ2n) is 4.31. The third-order valence-electron chi connectivity index (χ3n) is 2.85. The van der Waals surface area contributed by atoms with Crippen LogP contribution in [0.1, 0.15) is 19.0 Å². The number of nitrogens with zero attached hydrogens (tertiary/aromatic N) is 2. The first-order valence-corrected chi connectivity index (χ1v) is 6.82. The molecule has 0 saturated heterocycles. The highest BCUT2D eigenvalue weighted by Gasteiger charge is 2.14. The largest absolute Gasteiger partial charge is 0.394 e. The molecule has 102 valence electrons. The van der Waals surface area contributed by atoms with E-state index in [2.05, 4.69) is 17.3 Å². The summed E-state index contributed by atoms with van der Waals surface area (Å²) >= 11 is 12.1. The smallest absolute Gasteiger partial charge is 0.152 e. The number of aryl methyl sites for hydroxylation is 2. The minimum Gasteiger partial charge on any atom is -0.394 e. The highest BCUT2D eigenvalue weighted by molar-refractivity contribution is 6.43. The topological polar surface area (TPSA) is 55.9 Å². The monoisotopic (exact) mass is 298 g/mol. The van der Waals surface area contributed by atoms with Gasteiger partial charge in [0.2, 0.25) is 0 Å². The van der Waals surface area contributed by atoms with Gasteiger partial charge < -0.3 is 11.1 Å². The molecular formula is C13H16Cl2N4. The second-order valence-corrected chi connectivity index (χ2v) is 5.09. The summed E-state index contributed by atoms with van der Waals surface area (Å²) < 4.78 is 1.72. The fourth-order valence-corrected chi connectivity index (χ4v) is 2.24. The average Bonchev–Trinajstić information content (AvgIpc) is 2.63. The van der Waals surface area contributed by atoms with Crippen molar-refractivity contribution in [3.05, 3.63) is 33.9 Å². The normalized spacial score (nSPS) is 10.7. The zero-order chi connectivity index (χ0) is 14.0. The molecule has 3 N–H and O–H groups in total. The van der Waals surface area contributed by atoms with Gasteiger partial charge in [0.25, 0.3) is 0 Å². The van der Waals surface area contributed by atoms with Gasteiger partial charge in [0.05, 0.1) is 27.1 Å². The molecule has 1 aromatic carbocycles. The summed E-state index contributed by atoms with van der Waals surface area (Å²) in [5.74, 6) is 0.729. The summed E-state index contributed by atoms with van der Waals surface area (Å²) in [6, 6.07) is 5.42. The Morgan fingerprint density at radius 3 is 2.79 bits per heavy atom. The van der Waals surface area contributed by atoms with Crippen LogP contribution in [-0.2, 0) is 13.5 Å². The van der Waals surface area contributed by atoms with Gasteiger partial charge in [-0.05, 0) is 18.6 Å². The van der Waals surface area contributed by atoms with E-state index in [1.165, 1.54) is 0 Å². The molecule has 19 heavy (non-hydrogen) atoms. The van der Waals surface area contributed by atoms with E-state index < -0.39 is 0 Å². The number of hydrogen-bond acceptors (Lipinski definition) is 3. The molecule has 2 aromatic rings. The molecule has 0 aliphatic heterocycles. The van der Waals surface area contributed by atoms with Gasteiger partial charge in [-0.3, -0.25) is 4.68 Å². The van der Waals surface area contributed by atoms with E-state index in [4.69, 9.17) is 28.9 Å². The minimum atomic E-state index is 0.474. The highest BCUT2D eigenvalue weighted by Crippen LogP contribution is 2.34. The molecule has 0 amide bonds. The lowest BCUT2D eigenvalue weighted by Gasteiger charge is -2.10. The maximum atomic E-state index is 6.15. The van der Waals surface area contributed by atoms with Gasteiger partial charge in [0, 0.05) is 7.05 Å². The summed E-state index contributed by atoms with van der Waals surface area (Å²) in [5.41, 5.74) is 8.37. The number of anilines is 3. The molecule has 0 unspecified atom stereocenters. The van der Waals surface area contributed by atoms with Crippen molar-refractivity contribution in [2.45, 2.75) is 19.8 Å². The molecule has 4 nitrogen and oxygen atoms in total. The number of hydrogen-bond donors (Lipinski definition) is 2. The molecular weight excluding hydrogens is 283 g/mol. The molecule has 1 heterocycles. The van der Waals surface area contributed by atoms with E-state index in [9.17, 15) is 0 Å². The predicted molar refractivity (Wildman–Crippen MR) is 81.4 cm³/mol. The Labute approximate surface area is 122 Å². The molecule has 2 rings (SSSR count). The first kappa shape index (κ1) is 14.0. The van der Waals surface area contributed by atoms with Crippen molar-refractivity contribution in [2.24, 2.45) is 7.05 Å². The van der Waals surface area contributed by atoms with Gasteiger partial charge in [-0.1, -0.05) is 42.6 Å². The van der Waals surface area contributed by atoms with Crippen LogP contribution in [0.25, 0.3) is 0 Å². The lowest BCUT2D eigenvalue weighted by Crippen LogP contribution is -2.01. The van der Waals surface area contributed by atoms with E-state index >= 15 is 0 Å². The summed E-state index contributed by atoms with van der Waals surface area (Å²) in [7, 11) is 1.84. The van der Waals surface area contributed by atoms with Crippen molar-refractivity contribution in [3.8, 4) is 0 Å². The summed E-state index contributed by atoms with van der Waals surface area (Å²) in [6.45, 7) is 2.09. The van der Waals surface area contributed by atoms with Crippen molar-refractivity contribution in [2.75, 3.05) is 11.1 Å². The molecule has 0 fully saturated rings. The molecule has 6 heteroatoms. The van der Waals surface area contributed by atoms with Crippen LogP contribution < -0.4 is 11.1 Å². The van der Waals surface area contributed by atoms with Crippen LogP contribution in [0.4, 0.5) is 17.2 Å². The van der Waals surface area contributed by atoms with Crippen LogP contribution in [-0.4, -0.2) is 9.78 Å². The van der Waals surface area contributed by atoms with Gasteiger partial charge in [0.1, 0.15) is 0 Å². The highest BCUT2D eigenvalue weighted by atomic mass is 35.5. The van der Waals surface area contributed by atoms with E-state index in [-0.39, 0.29) is 0 Å². The van der Waals surface area contributed by atoms with Crippen LogP contribution in [0.3, 0.4) is 0 Å². The van der Waals surface area contributed by atoms with Crippen molar-refractivity contribution < 1.29 is 0 Å². The Balaban J connectivity index is 2.36. The Morgan fingerprint density at radius 1 is 1.37 bits per heavy atom. The van der Waals surface area contributed by atoms with Crippen LogP contribution in [0.2, 0.25) is 10.0 Å². The number of nitrogens with one attached hydrogen (secondary N) is 1. The van der Waals surface area contributed by atoms with Crippen LogP contribution in [0.15, 0.2) is 18.2 Å². The Bertz CT molecular complexity index is 593. The molecule has 0 saturated carbocycles. The SMILES string of the molecule is CCCc1nn(C)c(Nc2cccc(Cl)c2Cl)c1N. The standard InChI is InChI=1S/C13H16Cl2N4/c1-3-5-10-12(16)13(19(2)18-10)17-9-7-4-6-8(14)11(9)15/h4,6-7,17H,3,5,16H2,1-2H3. The maximum absolute atomic E-state index is 6.15. The van der Waals surface area contributed by atoms with Gasteiger partial charge in [0.15, 0.2) is 5.82 Å². The lowest BCUT2D eigenvalue weighted by atomic mass is 10.2. The van der Waals surface area contributed by atoms with Crippen molar-refractivity contribution in [1.29, 1.82) is 0 Å². The number of benzene rings is 1. The predicted octanol–water partition coefficient (Wildman–Crippen LogP) is 4.01. The molecule has 0 spiro atoms. The van der Waals surface area contributed by atoms with E-state index in [0.717, 1.165) is 24.4 Å². The summed E-state index contributed by atoms with van der Waals surface area (Å²) in [5, 5.41) is 8.56. The number of rotatable bonds is 4. The Morgan fingerprint density at radius 2 is 2.11 bits per heavy atom. The number of nitrogen functional groups attached to an aromatic ring is 1. The fraction of sp³-hybridized carbons (Fsp3) is 0.308. The summed E-state index contributed by atoms with van der Waals surface area (Å²) in [6.07, 6.45) is 1.85. The van der Waals surface area contributed by atoms with Gasteiger partial charge in [-0.25, -0.2) is 0 Å². The lowest BCUT2D eigenvalue weighted by molar-refractivity contribution is 0.740. The molecule has 0 aliphatic carbocycles. The number of halogens is 2. The maximum Gasteiger partial charge on any atom is 0.152 e. The third-order valence-corrected chi connectivity index (χ3v) is 3.67. The Hall–Kier alpha value is -1.39. The fourth-order valence-electron chi connectivity index (χ4n) is 1.89. The third kappa shape index (κ3) is 2.80. The molecule has 1 aromatic heterocycles. The van der Waals surface area contributed by atoms with Crippen molar-refractivity contribution in [1.82, 2.24) is 9.78 Å². The molecule has 0 atom stereocenters.